The molecule has 1 aliphatic rings. The summed E-state index contributed by atoms with van der Waals surface area (Å²) in [5, 5.41) is 2.95. The largest absolute Gasteiger partial charge is 0.497 e. The van der Waals surface area contributed by atoms with Gasteiger partial charge in [-0.1, -0.05) is 30.3 Å². The lowest BCUT2D eigenvalue weighted by Crippen LogP contribution is -2.29. The van der Waals surface area contributed by atoms with E-state index >= 15 is 0 Å². The molecule has 2 aromatic rings. The van der Waals surface area contributed by atoms with E-state index in [1.54, 1.807) is 7.11 Å². The molecule has 1 saturated carbocycles. The van der Waals surface area contributed by atoms with Crippen LogP contribution in [-0.2, 0) is 11.3 Å². The zero-order valence-electron chi connectivity index (χ0n) is 14.1. The highest BCUT2D eigenvalue weighted by Gasteiger charge is 2.29. The number of carbonyl (C=O) groups is 1. The Morgan fingerprint density at radius 2 is 1.83 bits per heavy atom. The number of ether oxygens (including phenoxy) is 1. The zero-order valence-corrected chi connectivity index (χ0v) is 14.1. The number of benzene rings is 2. The molecular formula is C20H24N2O2. The van der Waals surface area contributed by atoms with Gasteiger partial charge in [0.15, 0.2) is 0 Å². The Bertz CT molecular complexity index is 651. The number of para-hydroxylation sites is 1. The van der Waals surface area contributed by atoms with Gasteiger partial charge >= 0.3 is 0 Å². The molecule has 0 aliphatic heterocycles. The highest BCUT2D eigenvalue weighted by molar-refractivity contribution is 5.90. The molecule has 1 amide bonds. The number of rotatable bonds is 8. The van der Waals surface area contributed by atoms with Gasteiger partial charge in [-0.25, -0.2) is 0 Å². The predicted octanol–water partition coefficient (Wildman–Crippen LogP) is 3.69. The molecule has 0 saturated heterocycles. The van der Waals surface area contributed by atoms with Gasteiger partial charge in [0.05, 0.1) is 7.11 Å². The van der Waals surface area contributed by atoms with E-state index in [2.05, 4.69) is 22.3 Å². The summed E-state index contributed by atoms with van der Waals surface area (Å²) in [4.78, 5) is 14.6. The van der Waals surface area contributed by atoms with Crippen LogP contribution in [-0.4, -0.2) is 30.5 Å². The number of anilines is 1. The molecule has 0 heterocycles. The third kappa shape index (κ3) is 4.83. The van der Waals surface area contributed by atoms with Crippen molar-refractivity contribution in [2.24, 2.45) is 0 Å². The van der Waals surface area contributed by atoms with E-state index in [1.165, 1.54) is 18.4 Å². The van der Waals surface area contributed by atoms with Crippen molar-refractivity contribution in [3.05, 3.63) is 60.2 Å². The van der Waals surface area contributed by atoms with Crippen molar-refractivity contribution in [1.82, 2.24) is 4.90 Å². The van der Waals surface area contributed by atoms with Crippen LogP contribution in [0, 0.1) is 0 Å². The summed E-state index contributed by atoms with van der Waals surface area (Å²) in [7, 11) is 1.68. The number of nitrogens with zero attached hydrogens (tertiary/aromatic N) is 1. The van der Waals surface area contributed by atoms with Gasteiger partial charge in [0.2, 0.25) is 5.91 Å². The molecule has 1 fully saturated rings. The van der Waals surface area contributed by atoms with Gasteiger partial charge in [0, 0.05) is 31.2 Å². The average Bonchev–Trinajstić information content (AvgIpc) is 3.45. The summed E-state index contributed by atoms with van der Waals surface area (Å²) in [6, 6.07) is 18.4. The molecule has 0 spiro atoms. The third-order valence-corrected chi connectivity index (χ3v) is 4.29. The second kappa shape index (κ2) is 7.97. The van der Waals surface area contributed by atoms with Gasteiger partial charge in [0.1, 0.15) is 5.75 Å². The molecule has 4 nitrogen and oxygen atoms in total. The Labute approximate surface area is 143 Å². The van der Waals surface area contributed by atoms with Gasteiger partial charge in [0.25, 0.3) is 0 Å². The number of amides is 1. The minimum Gasteiger partial charge on any atom is -0.497 e. The van der Waals surface area contributed by atoms with Gasteiger partial charge in [-0.05, 0) is 42.7 Å². The lowest BCUT2D eigenvalue weighted by Gasteiger charge is -2.22. The molecule has 24 heavy (non-hydrogen) atoms. The molecule has 126 valence electrons. The van der Waals surface area contributed by atoms with Crippen molar-refractivity contribution in [2.45, 2.75) is 31.8 Å². The molecule has 3 rings (SSSR count). The Kier molecular flexibility index (Phi) is 5.49. The second-order valence-corrected chi connectivity index (χ2v) is 6.21. The molecule has 0 radical (unpaired) electrons. The number of hydrogen-bond acceptors (Lipinski definition) is 3. The maximum Gasteiger partial charge on any atom is 0.225 e. The summed E-state index contributed by atoms with van der Waals surface area (Å²) in [6.07, 6.45) is 2.98. The minimum absolute atomic E-state index is 0.0709. The summed E-state index contributed by atoms with van der Waals surface area (Å²) < 4.78 is 5.20. The Morgan fingerprint density at radius 3 is 2.46 bits per heavy atom. The lowest BCUT2D eigenvalue weighted by molar-refractivity contribution is -0.116. The van der Waals surface area contributed by atoms with Crippen molar-refractivity contribution in [1.29, 1.82) is 0 Å². The Morgan fingerprint density at radius 1 is 1.12 bits per heavy atom. The fourth-order valence-corrected chi connectivity index (χ4v) is 2.79. The maximum atomic E-state index is 12.1. The van der Waals surface area contributed by atoms with Crippen LogP contribution in [0.2, 0.25) is 0 Å². The van der Waals surface area contributed by atoms with Gasteiger partial charge < -0.3 is 10.1 Å². The van der Waals surface area contributed by atoms with E-state index < -0.39 is 0 Å². The van der Waals surface area contributed by atoms with Gasteiger partial charge in [-0.3, -0.25) is 9.69 Å². The zero-order chi connectivity index (χ0) is 16.8. The SMILES string of the molecule is COc1ccc(CN(CCC(=O)Nc2ccccc2)C2CC2)cc1. The Hall–Kier alpha value is -2.33. The van der Waals surface area contributed by atoms with Crippen molar-refractivity contribution in [2.75, 3.05) is 19.0 Å². The second-order valence-electron chi connectivity index (χ2n) is 6.21. The third-order valence-electron chi connectivity index (χ3n) is 4.29. The molecule has 0 bridgehead atoms. The van der Waals surface area contributed by atoms with Crippen LogP contribution in [0.25, 0.3) is 0 Å². The molecule has 4 heteroatoms. The first-order valence-corrected chi connectivity index (χ1v) is 8.46. The standard InChI is InChI=1S/C20H24N2O2/c1-24-19-11-7-16(8-12-19)15-22(18-9-10-18)14-13-20(23)21-17-5-3-2-4-6-17/h2-8,11-12,18H,9-10,13-15H2,1H3,(H,21,23). The minimum atomic E-state index is 0.0709. The van der Waals surface area contributed by atoms with E-state index in [-0.39, 0.29) is 5.91 Å². The quantitative estimate of drug-likeness (QED) is 0.805. The van der Waals surface area contributed by atoms with Crippen molar-refractivity contribution < 1.29 is 9.53 Å². The van der Waals surface area contributed by atoms with E-state index in [0.717, 1.165) is 24.5 Å². The molecule has 1 aliphatic carbocycles. The monoisotopic (exact) mass is 324 g/mol. The van der Waals surface area contributed by atoms with E-state index in [9.17, 15) is 4.79 Å². The maximum absolute atomic E-state index is 12.1. The van der Waals surface area contributed by atoms with Crippen LogP contribution >= 0.6 is 0 Å². The van der Waals surface area contributed by atoms with Crippen molar-refractivity contribution in [3.8, 4) is 5.75 Å². The van der Waals surface area contributed by atoms with E-state index in [4.69, 9.17) is 4.74 Å². The number of carbonyl (C=O) groups excluding carboxylic acids is 1. The van der Waals surface area contributed by atoms with Crippen LogP contribution < -0.4 is 10.1 Å². The van der Waals surface area contributed by atoms with Crippen LogP contribution in [0.4, 0.5) is 5.69 Å². The van der Waals surface area contributed by atoms with Gasteiger partial charge in [-0.2, -0.15) is 0 Å². The van der Waals surface area contributed by atoms with Gasteiger partial charge in [-0.15, -0.1) is 0 Å². The highest BCUT2D eigenvalue weighted by atomic mass is 16.5. The van der Waals surface area contributed by atoms with Crippen LogP contribution in [0.5, 0.6) is 5.75 Å². The molecule has 2 aromatic carbocycles. The summed E-state index contributed by atoms with van der Waals surface area (Å²) >= 11 is 0. The predicted molar refractivity (Wildman–Crippen MR) is 96.1 cm³/mol. The van der Waals surface area contributed by atoms with Crippen molar-refractivity contribution >= 4 is 11.6 Å². The average molecular weight is 324 g/mol. The molecule has 0 atom stereocenters. The van der Waals surface area contributed by atoms with E-state index in [1.807, 2.05) is 42.5 Å². The fourth-order valence-electron chi connectivity index (χ4n) is 2.79. The first-order valence-electron chi connectivity index (χ1n) is 8.46. The van der Waals surface area contributed by atoms with Crippen LogP contribution in [0.15, 0.2) is 54.6 Å². The first-order chi connectivity index (χ1) is 11.7. The van der Waals surface area contributed by atoms with Crippen molar-refractivity contribution in [3.63, 3.8) is 0 Å². The first kappa shape index (κ1) is 16.5. The van der Waals surface area contributed by atoms with E-state index in [0.29, 0.717) is 12.5 Å². The number of hydrogen-bond donors (Lipinski definition) is 1. The summed E-state index contributed by atoms with van der Waals surface area (Å²) in [6.45, 7) is 1.67. The molecule has 1 N–H and O–H groups in total. The topological polar surface area (TPSA) is 41.6 Å². The molecule has 0 aromatic heterocycles. The number of nitrogens with one attached hydrogen (secondary N) is 1. The van der Waals surface area contributed by atoms with Crippen LogP contribution in [0.1, 0.15) is 24.8 Å². The lowest BCUT2D eigenvalue weighted by atomic mass is 10.2. The summed E-state index contributed by atoms with van der Waals surface area (Å²) in [5.41, 5.74) is 2.11. The Balaban J connectivity index is 1.51. The molecular weight excluding hydrogens is 300 g/mol. The smallest absolute Gasteiger partial charge is 0.225 e. The summed E-state index contributed by atoms with van der Waals surface area (Å²) in [5.74, 6) is 0.945. The normalized spacial score (nSPS) is 13.8. The van der Waals surface area contributed by atoms with Crippen LogP contribution in [0.3, 0.4) is 0 Å². The number of methoxy groups -OCH3 is 1. The molecule has 0 unspecified atom stereocenters. The highest BCUT2D eigenvalue weighted by Crippen LogP contribution is 2.28. The fraction of sp³-hybridized carbons (Fsp3) is 0.350.